The molecule has 1 amide bonds. The number of hydrogen-bond acceptors (Lipinski definition) is 4. The Morgan fingerprint density at radius 2 is 1.97 bits per heavy atom. The van der Waals surface area contributed by atoms with Gasteiger partial charge in [-0.25, -0.2) is 0 Å². The zero-order chi connectivity index (χ0) is 19.8. The van der Waals surface area contributed by atoms with Crippen LogP contribution in [0.25, 0.3) is 11.3 Å². The fourth-order valence-electron chi connectivity index (χ4n) is 4.34. The maximum Gasteiger partial charge on any atom is 0.273 e. The minimum absolute atomic E-state index is 0.0222. The third-order valence-electron chi connectivity index (χ3n) is 5.77. The molecule has 1 fully saturated rings. The van der Waals surface area contributed by atoms with Crippen LogP contribution in [0.15, 0.2) is 54.6 Å². The van der Waals surface area contributed by atoms with Crippen molar-refractivity contribution in [3.63, 3.8) is 0 Å². The van der Waals surface area contributed by atoms with E-state index in [1.165, 1.54) is 0 Å². The Bertz CT molecular complexity index is 1010. The molecule has 0 spiro atoms. The number of rotatable bonds is 5. The number of nitrogens with zero attached hydrogens (tertiary/aromatic N) is 2. The van der Waals surface area contributed by atoms with Crippen molar-refractivity contribution in [2.24, 2.45) is 0 Å². The van der Waals surface area contributed by atoms with Gasteiger partial charge >= 0.3 is 0 Å². The molecule has 2 aliphatic heterocycles. The summed E-state index contributed by atoms with van der Waals surface area (Å²) in [5, 5.41) is 7.51. The summed E-state index contributed by atoms with van der Waals surface area (Å²) < 4.78 is 11.2. The fraction of sp³-hybridized carbons (Fsp3) is 0.304. The van der Waals surface area contributed by atoms with E-state index in [9.17, 15) is 4.79 Å². The summed E-state index contributed by atoms with van der Waals surface area (Å²) in [7, 11) is 1.65. The second-order valence-corrected chi connectivity index (χ2v) is 7.50. The van der Waals surface area contributed by atoms with Crippen molar-refractivity contribution in [1.82, 2.24) is 15.1 Å². The SMILES string of the molecule is COc1ccc(C2c3c(-c4ccccc4)n[nH]c3C(=O)N2CC2CCCO2)cc1. The first-order valence-corrected chi connectivity index (χ1v) is 9.96. The number of methoxy groups -OCH3 is 1. The zero-order valence-electron chi connectivity index (χ0n) is 16.3. The summed E-state index contributed by atoms with van der Waals surface area (Å²) in [4.78, 5) is 15.2. The average molecular weight is 389 g/mol. The highest BCUT2D eigenvalue weighted by Crippen LogP contribution is 2.43. The van der Waals surface area contributed by atoms with E-state index in [2.05, 4.69) is 10.2 Å². The largest absolute Gasteiger partial charge is 0.497 e. The van der Waals surface area contributed by atoms with E-state index >= 15 is 0 Å². The van der Waals surface area contributed by atoms with E-state index in [0.717, 1.165) is 47.6 Å². The average Bonchev–Trinajstić information content (AvgIpc) is 3.49. The number of H-pyrrole nitrogens is 1. The predicted molar refractivity (Wildman–Crippen MR) is 109 cm³/mol. The quantitative estimate of drug-likeness (QED) is 0.721. The minimum atomic E-state index is -0.207. The molecule has 3 aromatic rings. The van der Waals surface area contributed by atoms with Crippen molar-refractivity contribution >= 4 is 5.91 Å². The van der Waals surface area contributed by atoms with Gasteiger partial charge in [-0.15, -0.1) is 0 Å². The topological polar surface area (TPSA) is 67.5 Å². The van der Waals surface area contributed by atoms with Gasteiger partial charge in [0.05, 0.1) is 24.9 Å². The molecule has 29 heavy (non-hydrogen) atoms. The number of amides is 1. The van der Waals surface area contributed by atoms with Gasteiger partial charge < -0.3 is 14.4 Å². The molecular weight excluding hydrogens is 366 g/mol. The molecule has 2 unspecified atom stereocenters. The van der Waals surface area contributed by atoms with Crippen LogP contribution in [0.2, 0.25) is 0 Å². The lowest BCUT2D eigenvalue weighted by molar-refractivity contribution is 0.0495. The number of carbonyl (C=O) groups is 1. The highest BCUT2D eigenvalue weighted by molar-refractivity contribution is 6.00. The van der Waals surface area contributed by atoms with Crippen LogP contribution < -0.4 is 4.74 Å². The first-order chi connectivity index (χ1) is 14.3. The number of benzene rings is 2. The fourth-order valence-corrected chi connectivity index (χ4v) is 4.34. The second-order valence-electron chi connectivity index (χ2n) is 7.50. The standard InChI is InChI=1S/C23H23N3O3/c1-28-17-11-9-16(10-12-17)22-19-20(15-6-3-2-4-7-15)24-25-21(19)23(27)26(22)14-18-8-5-13-29-18/h2-4,6-7,9-12,18,22H,5,8,13-14H2,1H3,(H,24,25). The Morgan fingerprint density at radius 3 is 2.66 bits per heavy atom. The Morgan fingerprint density at radius 1 is 1.17 bits per heavy atom. The van der Waals surface area contributed by atoms with Crippen LogP contribution in [0.5, 0.6) is 5.75 Å². The summed E-state index contributed by atoms with van der Waals surface area (Å²) in [5.41, 5.74) is 4.36. The molecule has 2 atom stereocenters. The van der Waals surface area contributed by atoms with Crippen molar-refractivity contribution in [3.8, 4) is 17.0 Å². The smallest absolute Gasteiger partial charge is 0.273 e. The van der Waals surface area contributed by atoms with Gasteiger partial charge in [0.1, 0.15) is 11.4 Å². The molecule has 6 heteroatoms. The van der Waals surface area contributed by atoms with Crippen molar-refractivity contribution in [3.05, 3.63) is 71.4 Å². The van der Waals surface area contributed by atoms with Crippen molar-refractivity contribution in [1.29, 1.82) is 0 Å². The van der Waals surface area contributed by atoms with Crippen molar-refractivity contribution < 1.29 is 14.3 Å². The third-order valence-corrected chi connectivity index (χ3v) is 5.77. The Kier molecular flexibility index (Phi) is 4.56. The van der Waals surface area contributed by atoms with Gasteiger partial charge in [0.25, 0.3) is 5.91 Å². The maximum atomic E-state index is 13.3. The second kappa shape index (κ2) is 7.37. The van der Waals surface area contributed by atoms with Crippen LogP contribution in [-0.4, -0.2) is 47.4 Å². The monoisotopic (exact) mass is 389 g/mol. The summed E-state index contributed by atoms with van der Waals surface area (Å²) in [6.45, 7) is 1.34. The van der Waals surface area contributed by atoms with Crippen LogP contribution in [0.4, 0.5) is 0 Å². The molecule has 2 aromatic carbocycles. The number of aromatic nitrogens is 2. The van der Waals surface area contributed by atoms with Gasteiger partial charge in [-0.2, -0.15) is 5.10 Å². The maximum absolute atomic E-state index is 13.3. The molecule has 5 rings (SSSR count). The third kappa shape index (κ3) is 3.09. The Hall–Kier alpha value is -3.12. The molecule has 0 radical (unpaired) electrons. The van der Waals surface area contributed by atoms with Crippen LogP contribution in [-0.2, 0) is 4.74 Å². The van der Waals surface area contributed by atoms with E-state index in [4.69, 9.17) is 9.47 Å². The summed E-state index contributed by atoms with van der Waals surface area (Å²) in [5.74, 6) is 0.769. The Labute approximate surface area is 169 Å². The van der Waals surface area contributed by atoms with Crippen LogP contribution in [0, 0.1) is 0 Å². The van der Waals surface area contributed by atoms with Crippen molar-refractivity contribution in [2.45, 2.75) is 25.0 Å². The highest BCUT2D eigenvalue weighted by atomic mass is 16.5. The highest BCUT2D eigenvalue weighted by Gasteiger charge is 2.43. The molecule has 3 heterocycles. The molecule has 1 aromatic heterocycles. The normalized spacial score (nSPS) is 20.9. The molecule has 1 N–H and O–H groups in total. The first-order valence-electron chi connectivity index (χ1n) is 9.96. The summed E-state index contributed by atoms with van der Waals surface area (Å²) in [6.07, 6.45) is 2.11. The summed E-state index contributed by atoms with van der Waals surface area (Å²) >= 11 is 0. The van der Waals surface area contributed by atoms with Gasteiger partial charge in [-0.05, 0) is 30.5 Å². The predicted octanol–water partition coefficient (Wildman–Crippen LogP) is 3.81. The van der Waals surface area contributed by atoms with Gasteiger partial charge in [0.15, 0.2) is 0 Å². The molecule has 6 nitrogen and oxygen atoms in total. The van der Waals surface area contributed by atoms with E-state index in [-0.39, 0.29) is 18.1 Å². The molecule has 1 saturated heterocycles. The van der Waals surface area contributed by atoms with Crippen LogP contribution in [0.1, 0.15) is 40.5 Å². The molecule has 0 bridgehead atoms. The Balaban J connectivity index is 1.60. The molecule has 0 aliphatic carbocycles. The number of aromatic amines is 1. The van der Waals surface area contributed by atoms with E-state index in [0.29, 0.717) is 12.2 Å². The zero-order valence-corrected chi connectivity index (χ0v) is 16.3. The van der Waals surface area contributed by atoms with Crippen molar-refractivity contribution in [2.75, 3.05) is 20.3 Å². The lowest BCUT2D eigenvalue weighted by Gasteiger charge is -2.28. The number of ether oxygens (including phenoxy) is 2. The lowest BCUT2D eigenvalue weighted by Crippen LogP contribution is -2.36. The van der Waals surface area contributed by atoms with E-state index < -0.39 is 0 Å². The number of nitrogens with one attached hydrogen (secondary N) is 1. The first kappa shape index (κ1) is 17.9. The lowest BCUT2D eigenvalue weighted by atomic mass is 9.96. The molecular formula is C23H23N3O3. The molecule has 148 valence electrons. The number of carbonyl (C=O) groups excluding carboxylic acids is 1. The van der Waals surface area contributed by atoms with Crippen LogP contribution >= 0.6 is 0 Å². The minimum Gasteiger partial charge on any atom is -0.497 e. The van der Waals surface area contributed by atoms with E-state index in [1.807, 2.05) is 59.5 Å². The molecule has 2 aliphatic rings. The summed E-state index contributed by atoms with van der Waals surface area (Å²) in [6, 6.07) is 17.7. The number of hydrogen-bond donors (Lipinski definition) is 1. The van der Waals surface area contributed by atoms with Gasteiger partial charge in [-0.3, -0.25) is 9.89 Å². The van der Waals surface area contributed by atoms with Gasteiger partial charge in [0.2, 0.25) is 0 Å². The van der Waals surface area contributed by atoms with Gasteiger partial charge in [-0.1, -0.05) is 42.5 Å². The number of fused-ring (bicyclic) bond motifs is 1. The van der Waals surface area contributed by atoms with Gasteiger partial charge in [0, 0.05) is 24.3 Å². The van der Waals surface area contributed by atoms with E-state index in [1.54, 1.807) is 7.11 Å². The molecule has 0 saturated carbocycles. The van der Waals surface area contributed by atoms with Crippen LogP contribution in [0.3, 0.4) is 0 Å².